The van der Waals surface area contributed by atoms with Gasteiger partial charge in [-0.2, -0.15) is 9.97 Å². The molecule has 10 atom stereocenters. The number of nitrogens with zero attached hydrogens (tertiary/aromatic N) is 5. The Kier molecular flexibility index (Phi) is 45.8. The van der Waals surface area contributed by atoms with Crippen molar-refractivity contribution < 1.29 is 139 Å². The van der Waals surface area contributed by atoms with E-state index in [4.69, 9.17) is 125 Å². The SMILES string of the molecule is COc1ccc(C([15NH]c2ccn([C@@H]3O[C@H](COP(=O)(OC)O[C@H]4[C@@H](OC(OCCOC(C)=O)OCCOC(C)=O)[C@H](n5ccc([15NH]C(c6ccccc6)(c6ccc(OC)cc6)c6ccc(OC)cc6)[15n]c5=O)O[C@@H]4CO[Si](OC4CCCCCCCCCCC4)(O[Si](C)(C)C)O[Si](C)(C)C)[C@@H](OP(OC)N(C(C)C)C(C)C)[C@H]3OC(OCCOC(C)=O)OCCOC(C)=O)c(=O)[15n]2)(c2ccccc2)c2ccc(OC)cc2)cc1. The molecule has 2 saturated heterocycles. The number of anilines is 2. The van der Waals surface area contributed by atoms with Crippen molar-refractivity contribution in [3.8, 4) is 23.0 Å². The van der Waals surface area contributed by atoms with Crippen molar-refractivity contribution in [3.63, 3.8) is 0 Å². The van der Waals surface area contributed by atoms with Gasteiger partial charge in [0.15, 0.2) is 29.1 Å². The van der Waals surface area contributed by atoms with Crippen molar-refractivity contribution in [1.29, 1.82) is 0 Å². The van der Waals surface area contributed by atoms with Gasteiger partial charge in [0.05, 0.1) is 74.2 Å². The van der Waals surface area contributed by atoms with Gasteiger partial charge < -0.3 is 113 Å². The van der Waals surface area contributed by atoms with E-state index in [1.54, 1.807) is 40.6 Å². The third kappa shape index (κ3) is 33.9. The standard InChI is InChI=1S/C104H147N7O32P2Si3/c1-72(2)111(73(3)4)144(123-13)139-93-89(135-97(95(93)137-101(129-66-62-125-74(5)112)130-67-63-126-75(6)113)109-60-58-91(105-99(109)116)107-103(78-36-30-28-31-37-78,80-42-50-84(119-9)51-43-80)81-44-52-85(120-10)53-45-81)70-133-145(118,124-14)140-94-90(71-134-148(142-146(15,16)17,143-147(18,19)20)141-88-40-34-26-24-22-21-23-25-27-35-41-88)136-98(96(94)138-102(131-68-64-127-76(7)114)132-69-65-128-77(8)115)110-61-59-92(106-100(110)117)108-104(79-38-32-29-33-39-79,82-46-54-86(121-11)55-47-82)83-48-56-87(122-12)57-49-83/h28-33,36-39,42-61,72-73,88-90,93-98,101-102H,21-27,34-35,40-41,62-71H2,1-20H3,(H,105,107,116)(H,106,108,117)/t89-,90-,93-,94-,95-,96-,97-,98-,144?,145?/m1/s1/i105+1,106+1,107+1,108+1. The van der Waals surface area contributed by atoms with Crippen molar-refractivity contribution in [2.24, 2.45) is 0 Å². The molecule has 1 saturated carbocycles. The number of aromatic nitrogens is 4. The van der Waals surface area contributed by atoms with Crippen LogP contribution in [0.1, 0.15) is 172 Å². The quantitative estimate of drug-likeness (QED) is 0.00522. The van der Waals surface area contributed by atoms with E-state index in [9.17, 15) is 19.2 Å². The number of carbonyl (C=O) groups excluding carboxylic acids is 4. The highest BCUT2D eigenvalue weighted by Crippen LogP contribution is 2.56. The second-order valence-corrected chi connectivity index (χ2v) is 52.8. The van der Waals surface area contributed by atoms with Gasteiger partial charge in [-0.1, -0.05) is 167 Å². The molecule has 6 aromatic carbocycles. The first-order valence-corrected chi connectivity index (χ1v) is 61.0. The Morgan fingerprint density at radius 1 is 0.446 bits per heavy atom. The Labute approximate surface area is 871 Å². The Bertz CT molecular complexity index is 5410. The summed E-state index contributed by atoms with van der Waals surface area (Å²) in [7, 11) is -9.18. The first-order valence-electron chi connectivity index (χ1n) is 49.9. The number of hydrogen-bond acceptors (Lipinski definition) is 37. The summed E-state index contributed by atoms with van der Waals surface area (Å²) in [6.45, 7) is 16.6. The summed E-state index contributed by atoms with van der Waals surface area (Å²) in [6, 6.07) is 51.5. The fraction of sp³-hybridized carbons (Fsp3) is 0.538. The lowest BCUT2D eigenvalue weighted by molar-refractivity contribution is -0.320. The van der Waals surface area contributed by atoms with Crippen molar-refractivity contribution >= 4 is 77.5 Å². The lowest BCUT2D eigenvalue weighted by Crippen LogP contribution is -2.61. The van der Waals surface area contributed by atoms with E-state index in [1.165, 1.54) is 47.2 Å². The highest BCUT2D eigenvalue weighted by atomic mass is 31.2. The number of hydrogen-bond donors (Lipinski definition) is 2. The number of nitrogens with one attached hydrogen (secondary N) is 2. The zero-order valence-electron chi connectivity index (χ0n) is 88.4. The Balaban J connectivity index is 1.10. The summed E-state index contributed by atoms with van der Waals surface area (Å²) >= 11 is 0. The Morgan fingerprint density at radius 3 is 1.09 bits per heavy atom. The summed E-state index contributed by atoms with van der Waals surface area (Å²) in [4.78, 5) is 91.3. The fourth-order valence-electron chi connectivity index (χ4n) is 17.7. The van der Waals surface area contributed by atoms with Crippen molar-refractivity contribution in [3.05, 3.63) is 237 Å². The van der Waals surface area contributed by atoms with E-state index < -0.39 is 183 Å². The fourth-order valence-corrected chi connectivity index (χ4v) is 28.9. The zero-order valence-corrected chi connectivity index (χ0v) is 93.2. The zero-order chi connectivity index (χ0) is 107. The number of ether oxygens (including phenoxy) is 16. The second-order valence-electron chi connectivity index (χ2n) is 37.9. The van der Waals surface area contributed by atoms with Gasteiger partial charge in [-0.15, -0.1) is 0 Å². The highest BCUT2D eigenvalue weighted by molar-refractivity contribution is 7.48. The smallest absolute Gasteiger partial charge is 0.497 e. The van der Waals surface area contributed by atoms with E-state index in [0.717, 1.165) is 85.2 Å². The molecule has 1 aliphatic carbocycles. The van der Waals surface area contributed by atoms with E-state index in [1.807, 2.05) is 229 Å². The van der Waals surface area contributed by atoms with Gasteiger partial charge in [0.25, 0.3) is 21.5 Å². The van der Waals surface area contributed by atoms with Crippen LogP contribution in [0, 0.1) is 0 Å². The summed E-state index contributed by atoms with van der Waals surface area (Å²) in [5.74, 6) is -0.136. The number of esters is 4. The summed E-state index contributed by atoms with van der Waals surface area (Å²) in [5, 5.41) is 7.36. The van der Waals surface area contributed by atoms with Crippen LogP contribution in [-0.4, -0.2) is 250 Å². The molecule has 8 aromatic rings. The molecule has 39 nitrogen and oxygen atoms in total. The molecular formula is C104H147N7O32P2Si3. The first kappa shape index (κ1) is 119. The van der Waals surface area contributed by atoms with Crippen LogP contribution in [0.25, 0.3) is 0 Å². The molecule has 148 heavy (non-hydrogen) atoms. The van der Waals surface area contributed by atoms with E-state index in [-0.39, 0.29) is 63.4 Å². The minimum atomic E-state index is -5.43. The molecule has 2 aromatic heterocycles. The van der Waals surface area contributed by atoms with Crippen LogP contribution in [0.4, 0.5) is 11.6 Å². The van der Waals surface area contributed by atoms with E-state index in [0.29, 0.717) is 58.1 Å². The van der Waals surface area contributed by atoms with Crippen LogP contribution in [0.5, 0.6) is 23.0 Å². The molecule has 3 fully saturated rings. The van der Waals surface area contributed by atoms with Gasteiger partial charge in [-0.25, -0.2) is 18.8 Å². The number of phosphoric acid groups is 1. The summed E-state index contributed by atoms with van der Waals surface area (Å²) < 4.78 is 182. The monoisotopic (exact) mass is 2160 g/mol. The molecule has 812 valence electrons. The maximum atomic E-state index is 17.1. The van der Waals surface area contributed by atoms with Crippen LogP contribution in [0.15, 0.2) is 192 Å². The molecule has 44 heteroatoms. The third-order valence-electron chi connectivity index (χ3n) is 24.2. The van der Waals surface area contributed by atoms with Crippen LogP contribution in [-0.2, 0) is 131 Å². The second kappa shape index (κ2) is 57.2. The number of benzene rings is 6. The molecule has 2 unspecified atom stereocenters. The molecule has 0 spiro atoms. The lowest BCUT2D eigenvalue weighted by Gasteiger charge is -2.40. The lowest BCUT2D eigenvalue weighted by atomic mass is 9.78. The van der Waals surface area contributed by atoms with Gasteiger partial charge in [0.1, 0.15) is 109 Å². The van der Waals surface area contributed by atoms with Crippen molar-refractivity contribution in [1.82, 2.24) is 23.8 Å². The molecule has 0 bridgehead atoms. The Morgan fingerprint density at radius 2 is 0.777 bits per heavy atom. The van der Waals surface area contributed by atoms with Gasteiger partial charge >= 0.3 is 52.1 Å². The number of carbonyl (C=O) groups is 4. The highest BCUT2D eigenvalue weighted by Gasteiger charge is 2.59. The number of rotatable bonds is 57. The van der Waals surface area contributed by atoms with Gasteiger partial charge in [0, 0.05) is 66.4 Å². The predicted octanol–water partition coefficient (Wildman–Crippen LogP) is 17.2. The molecule has 2 aliphatic heterocycles. The molecule has 11 rings (SSSR count). The first-order chi connectivity index (χ1) is 70.9. The molecular weight excluding hydrogens is 2010 g/mol. The van der Waals surface area contributed by atoms with Crippen molar-refractivity contribution in [2.45, 2.75) is 257 Å². The van der Waals surface area contributed by atoms with Crippen molar-refractivity contribution in [2.75, 3.05) is 119 Å². The maximum absolute atomic E-state index is 17.1. The normalized spacial score (nSPS) is 19.1. The van der Waals surface area contributed by atoms with E-state index in [2.05, 4.69) is 10.6 Å². The minimum Gasteiger partial charge on any atom is -0.497 e. The molecule has 0 amide bonds. The number of methoxy groups -OCH3 is 4. The molecule has 2 N–H and O–H groups in total. The van der Waals surface area contributed by atoms with Crippen LogP contribution >= 0.6 is 16.3 Å². The third-order valence-corrected chi connectivity index (χ3v) is 35.7. The largest absolute Gasteiger partial charge is 0.658 e. The summed E-state index contributed by atoms with van der Waals surface area (Å²) in [5.41, 5.74) is -0.253. The maximum Gasteiger partial charge on any atom is 0.658 e. The van der Waals surface area contributed by atoms with E-state index >= 15 is 14.2 Å². The summed E-state index contributed by atoms with van der Waals surface area (Å²) in [6.07, 6.45) is -0.807. The van der Waals surface area contributed by atoms with Crippen LogP contribution in [0.2, 0.25) is 39.3 Å². The minimum absolute atomic E-state index is 0.0513. The van der Waals surface area contributed by atoms with Gasteiger partial charge in [0.2, 0.25) is 0 Å². The van der Waals surface area contributed by atoms with Crippen LogP contribution < -0.4 is 41.0 Å². The predicted molar refractivity (Wildman–Crippen MR) is 557 cm³/mol. The molecule has 0 radical (unpaired) electrons. The topological polar surface area (TPSA) is 413 Å². The number of phosphoric ester groups is 1. The molecule has 4 heterocycles. The van der Waals surface area contributed by atoms with Gasteiger partial charge in [-0.05, 0) is 174 Å². The Hall–Kier alpha value is -9.65. The van der Waals surface area contributed by atoms with Crippen LogP contribution in [0.3, 0.4) is 0 Å². The average Bonchev–Trinajstić information content (AvgIpc) is 0.991. The average molecular weight is 2160 g/mol. The molecule has 3 aliphatic rings. The van der Waals surface area contributed by atoms with Gasteiger partial charge in [-0.3, -0.25) is 41.9 Å².